The SMILES string of the molecule is C=CCOc1ccc(/C=C/C(=O)OCC(=O)NCCC2=CCCCC2)cc1. The summed E-state index contributed by atoms with van der Waals surface area (Å²) in [7, 11) is 0. The van der Waals surface area contributed by atoms with Crippen LogP contribution in [-0.4, -0.2) is 31.6 Å². The Labute approximate surface area is 160 Å². The number of esters is 1. The van der Waals surface area contributed by atoms with Gasteiger partial charge in [0, 0.05) is 12.6 Å². The second-order valence-corrected chi connectivity index (χ2v) is 6.32. The zero-order valence-corrected chi connectivity index (χ0v) is 15.6. The topological polar surface area (TPSA) is 64.6 Å². The fraction of sp³-hybridized carbons (Fsp3) is 0.364. The third kappa shape index (κ3) is 8.40. The van der Waals surface area contributed by atoms with Gasteiger partial charge in [0.05, 0.1) is 0 Å². The lowest BCUT2D eigenvalue weighted by Crippen LogP contribution is -2.29. The van der Waals surface area contributed by atoms with E-state index < -0.39 is 5.97 Å². The van der Waals surface area contributed by atoms with Gasteiger partial charge in [0.1, 0.15) is 12.4 Å². The van der Waals surface area contributed by atoms with Gasteiger partial charge in [0.15, 0.2) is 6.61 Å². The minimum Gasteiger partial charge on any atom is -0.490 e. The number of allylic oxidation sites excluding steroid dienone is 1. The highest BCUT2D eigenvalue weighted by atomic mass is 16.5. The van der Waals surface area contributed by atoms with Gasteiger partial charge in [0.2, 0.25) is 0 Å². The first-order valence-electron chi connectivity index (χ1n) is 9.30. The van der Waals surface area contributed by atoms with Gasteiger partial charge in [-0.15, -0.1) is 0 Å². The second kappa shape index (κ2) is 11.7. The van der Waals surface area contributed by atoms with Crippen molar-refractivity contribution in [2.24, 2.45) is 0 Å². The standard InChI is InChI=1S/C22H27NO4/c1-2-16-26-20-11-8-19(9-12-20)10-13-22(25)27-17-21(24)23-15-14-18-6-4-3-5-7-18/h2,6,8-13H,1,3-5,7,14-17H2,(H,23,24)/b13-10+. The summed E-state index contributed by atoms with van der Waals surface area (Å²) >= 11 is 0. The Balaban J connectivity index is 1.64. The van der Waals surface area contributed by atoms with E-state index in [0.29, 0.717) is 13.2 Å². The van der Waals surface area contributed by atoms with Crippen molar-refractivity contribution in [1.29, 1.82) is 0 Å². The van der Waals surface area contributed by atoms with Crippen LogP contribution in [0, 0.1) is 0 Å². The normalized spacial score (nSPS) is 13.7. The van der Waals surface area contributed by atoms with E-state index in [2.05, 4.69) is 18.0 Å². The van der Waals surface area contributed by atoms with Crippen LogP contribution in [0.25, 0.3) is 6.08 Å². The molecule has 0 radical (unpaired) electrons. The lowest BCUT2D eigenvalue weighted by atomic mass is 9.97. The predicted molar refractivity (Wildman–Crippen MR) is 106 cm³/mol. The first-order chi connectivity index (χ1) is 13.2. The molecule has 0 aromatic heterocycles. The number of nitrogens with one attached hydrogen (secondary N) is 1. The molecule has 5 heteroatoms. The van der Waals surface area contributed by atoms with Crippen molar-refractivity contribution in [1.82, 2.24) is 5.32 Å². The number of hydrogen-bond acceptors (Lipinski definition) is 4. The molecule has 2 rings (SSSR count). The largest absolute Gasteiger partial charge is 0.490 e. The van der Waals surface area contributed by atoms with Gasteiger partial charge in [-0.2, -0.15) is 0 Å². The molecule has 0 spiro atoms. The number of hydrogen-bond donors (Lipinski definition) is 1. The van der Waals surface area contributed by atoms with Crippen LogP contribution in [-0.2, 0) is 14.3 Å². The molecule has 0 fully saturated rings. The Morgan fingerprint density at radius 2 is 2.00 bits per heavy atom. The molecule has 0 saturated heterocycles. The van der Waals surface area contributed by atoms with Crippen LogP contribution in [0.4, 0.5) is 0 Å². The molecule has 5 nitrogen and oxygen atoms in total. The van der Waals surface area contributed by atoms with E-state index in [1.165, 1.54) is 24.5 Å². The molecule has 0 atom stereocenters. The fourth-order valence-electron chi connectivity index (χ4n) is 2.72. The minimum absolute atomic E-state index is 0.267. The first-order valence-corrected chi connectivity index (χ1v) is 9.30. The van der Waals surface area contributed by atoms with E-state index in [1.807, 2.05) is 24.3 Å². The highest BCUT2D eigenvalue weighted by Crippen LogP contribution is 2.19. The predicted octanol–water partition coefficient (Wildman–Crippen LogP) is 3.81. The van der Waals surface area contributed by atoms with E-state index in [4.69, 9.17) is 9.47 Å². The minimum atomic E-state index is -0.549. The van der Waals surface area contributed by atoms with E-state index in [1.54, 1.807) is 12.2 Å². The number of amides is 1. The summed E-state index contributed by atoms with van der Waals surface area (Å²) in [5.41, 5.74) is 2.24. The molecule has 0 bridgehead atoms. The van der Waals surface area contributed by atoms with Crippen LogP contribution in [0.2, 0.25) is 0 Å². The molecule has 0 unspecified atom stereocenters. The molecule has 1 aliphatic rings. The highest BCUT2D eigenvalue weighted by Gasteiger charge is 2.07. The maximum absolute atomic E-state index is 11.7. The molecular weight excluding hydrogens is 342 g/mol. The van der Waals surface area contributed by atoms with Crippen molar-refractivity contribution in [2.75, 3.05) is 19.8 Å². The average Bonchev–Trinajstić information content (AvgIpc) is 2.70. The Morgan fingerprint density at radius 1 is 1.19 bits per heavy atom. The zero-order chi connectivity index (χ0) is 19.3. The Hall–Kier alpha value is -2.82. The van der Waals surface area contributed by atoms with Gasteiger partial charge in [0.25, 0.3) is 5.91 Å². The Morgan fingerprint density at radius 3 is 2.70 bits per heavy atom. The van der Waals surface area contributed by atoms with E-state index in [9.17, 15) is 9.59 Å². The summed E-state index contributed by atoms with van der Waals surface area (Å²) in [4.78, 5) is 23.5. The van der Waals surface area contributed by atoms with E-state index in [0.717, 1.165) is 30.6 Å². The van der Waals surface area contributed by atoms with Gasteiger partial charge < -0.3 is 14.8 Å². The smallest absolute Gasteiger partial charge is 0.331 e. The van der Waals surface area contributed by atoms with Crippen molar-refractivity contribution >= 4 is 18.0 Å². The van der Waals surface area contributed by atoms with Gasteiger partial charge in [-0.1, -0.05) is 36.4 Å². The summed E-state index contributed by atoms with van der Waals surface area (Å²) in [6, 6.07) is 7.27. The van der Waals surface area contributed by atoms with Gasteiger partial charge in [-0.05, 0) is 55.9 Å². The maximum atomic E-state index is 11.7. The molecule has 27 heavy (non-hydrogen) atoms. The number of benzene rings is 1. The third-order valence-corrected chi connectivity index (χ3v) is 4.16. The molecule has 144 valence electrons. The quantitative estimate of drug-likeness (QED) is 0.387. The molecule has 1 N–H and O–H groups in total. The van der Waals surface area contributed by atoms with Crippen molar-refractivity contribution in [3.8, 4) is 5.75 Å². The number of rotatable bonds is 10. The summed E-state index contributed by atoms with van der Waals surface area (Å²) in [6.07, 6.45) is 12.5. The molecule has 0 saturated carbocycles. The zero-order valence-electron chi connectivity index (χ0n) is 15.6. The van der Waals surface area contributed by atoms with Gasteiger partial charge in [-0.25, -0.2) is 4.79 Å². The lowest BCUT2D eigenvalue weighted by molar-refractivity contribution is -0.143. The average molecular weight is 369 g/mol. The van der Waals surface area contributed by atoms with Crippen LogP contribution >= 0.6 is 0 Å². The highest BCUT2D eigenvalue weighted by molar-refractivity contribution is 5.89. The van der Waals surface area contributed by atoms with Crippen molar-refractivity contribution in [3.63, 3.8) is 0 Å². The van der Waals surface area contributed by atoms with Crippen molar-refractivity contribution < 1.29 is 19.1 Å². The van der Waals surface area contributed by atoms with Crippen LogP contribution in [0.5, 0.6) is 5.75 Å². The summed E-state index contributed by atoms with van der Waals surface area (Å²) < 4.78 is 10.3. The number of ether oxygens (including phenoxy) is 2. The molecule has 1 aromatic carbocycles. The molecule has 0 heterocycles. The maximum Gasteiger partial charge on any atom is 0.331 e. The molecule has 1 aliphatic carbocycles. The summed E-state index contributed by atoms with van der Waals surface area (Å²) in [6.45, 7) is 4.35. The van der Waals surface area contributed by atoms with Crippen molar-refractivity contribution in [3.05, 3.63) is 60.2 Å². The van der Waals surface area contributed by atoms with Crippen LogP contribution in [0.3, 0.4) is 0 Å². The molecule has 0 aliphatic heterocycles. The van der Waals surface area contributed by atoms with Crippen LogP contribution < -0.4 is 10.1 Å². The lowest BCUT2D eigenvalue weighted by Gasteiger charge is -2.12. The van der Waals surface area contributed by atoms with Crippen LogP contribution in [0.1, 0.15) is 37.7 Å². The van der Waals surface area contributed by atoms with Crippen LogP contribution in [0.15, 0.2) is 54.6 Å². The van der Waals surface area contributed by atoms with Gasteiger partial charge in [-0.3, -0.25) is 4.79 Å². The second-order valence-electron chi connectivity index (χ2n) is 6.32. The van der Waals surface area contributed by atoms with E-state index in [-0.39, 0.29) is 12.5 Å². The summed E-state index contributed by atoms with van der Waals surface area (Å²) in [5.74, 6) is -0.0979. The molecular formula is C22H27NO4. The van der Waals surface area contributed by atoms with Crippen molar-refractivity contribution in [2.45, 2.75) is 32.1 Å². The first kappa shape index (κ1) is 20.5. The van der Waals surface area contributed by atoms with Gasteiger partial charge >= 0.3 is 5.97 Å². The summed E-state index contributed by atoms with van der Waals surface area (Å²) in [5, 5.41) is 2.78. The Bertz CT molecular complexity index is 689. The Kier molecular flexibility index (Phi) is 8.90. The number of carbonyl (C=O) groups is 2. The third-order valence-electron chi connectivity index (χ3n) is 4.16. The monoisotopic (exact) mass is 369 g/mol. The number of carbonyl (C=O) groups excluding carboxylic acids is 2. The molecule has 1 amide bonds. The van der Waals surface area contributed by atoms with E-state index >= 15 is 0 Å². The molecule has 1 aromatic rings. The fourth-order valence-corrected chi connectivity index (χ4v) is 2.72.